The molecule has 0 N–H and O–H groups in total. The molecule has 2 aliphatic carbocycles. The largest absolute Gasteiger partial charge is 0.346 e. The minimum Gasteiger partial charge on any atom is -0.346 e. The Bertz CT molecular complexity index is 204. The Hall–Kier alpha value is 0.540. The van der Waals surface area contributed by atoms with Crippen LogP contribution in [0.2, 0.25) is 0 Å². The summed E-state index contributed by atoms with van der Waals surface area (Å²) in [7, 11) is 0. The zero-order valence-electron chi connectivity index (χ0n) is 15.9. The van der Waals surface area contributed by atoms with E-state index in [1.807, 2.05) is 0 Å². The molecule has 0 aliphatic heterocycles. The van der Waals surface area contributed by atoms with Crippen LogP contribution in [0.25, 0.3) is 0 Å². The van der Waals surface area contributed by atoms with Crippen molar-refractivity contribution in [3.8, 4) is 0 Å². The Morgan fingerprint density at radius 1 is 1.00 bits per heavy atom. The van der Waals surface area contributed by atoms with E-state index < -0.39 is 0 Å². The second kappa shape index (κ2) is 17.9. The quantitative estimate of drug-likeness (QED) is 0.372. The Balaban J connectivity index is 0. The molecular weight excluding hydrogens is 435 g/mol. The van der Waals surface area contributed by atoms with E-state index in [4.69, 9.17) is 0 Å². The fraction of sp³-hybridized carbons (Fsp3) is 0.850. The van der Waals surface area contributed by atoms with Gasteiger partial charge in [-0.3, -0.25) is 0 Å². The first kappa shape index (κ1) is 24.8. The van der Waals surface area contributed by atoms with Gasteiger partial charge < -0.3 is 19.8 Å². The van der Waals surface area contributed by atoms with Crippen molar-refractivity contribution in [1.82, 2.24) is 0 Å². The molecule has 0 atom stereocenters. The summed E-state index contributed by atoms with van der Waals surface area (Å²) in [6.07, 6.45) is 18.6. The van der Waals surface area contributed by atoms with E-state index in [0.29, 0.717) is 0 Å². The van der Waals surface area contributed by atoms with Gasteiger partial charge >= 0.3 is 57.0 Å². The Kier molecular flexibility index (Phi) is 20.2. The van der Waals surface area contributed by atoms with Gasteiger partial charge in [0.25, 0.3) is 0 Å². The van der Waals surface area contributed by atoms with Crippen molar-refractivity contribution in [2.45, 2.75) is 104 Å². The van der Waals surface area contributed by atoms with Gasteiger partial charge in [0.05, 0.1) is 0 Å². The molecule has 2 aliphatic rings. The normalized spacial score (nSPS) is 18.4. The molecule has 0 heterocycles. The van der Waals surface area contributed by atoms with Crippen LogP contribution in [0.5, 0.6) is 0 Å². The van der Waals surface area contributed by atoms with Crippen LogP contribution < -0.4 is 0 Å². The average molecular weight is 475 g/mol. The second-order valence-corrected chi connectivity index (χ2v) is 7.46. The van der Waals surface area contributed by atoms with Gasteiger partial charge in [-0.25, -0.2) is 0 Å². The molecule has 2 fully saturated rings. The molecule has 0 aromatic carbocycles. The zero-order valence-corrected chi connectivity index (χ0v) is 19.1. The maximum Gasteiger partial charge on any atom is -0.0582 e. The van der Waals surface area contributed by atoms with Crippen molar-refractivity contribution in [1.29, 1.82) is 0 Å². The van der Waals surface area contributed by atoms with Crippen molar-refractivity contribution < 1.29 is 20.9 Å². The molecule has 0 radical (unpaired) electrons. The van der Waals surface area contributed by atoms with E-state index >= 15 is 0 Å². The van der Waals surface area contributed by atoms with Crippen LogP contribution in [0.1, 0.15) is 98.8 Å². The Morgan fingerprint density at radius 3 is 1.59 bits per heavy atom. The standard InChI is InChI=1S/C7H13.C6H11.C5H11N.C2H5.Ta/c1-7-5-3-2-4-6-7;1-2-4-6-5-3-1;1-4-5(2,3)6;1-2;/h2,7H,3-6H2,1H3;1H,2-6H2;4H2,1-3H3;1H2,2H3;/q2*-1;;-1;. The van der Waals surface area contributed by atoms with Gasteiger partial charge in [-0.05, 0) is 5.92 Å². The van der Waals surface area contributed by atoms with Crippen molar-refractivity contribution in [3.05, 3.63) is 19.8 Å². The predicted molar refractivity (Wildman–Crippen MR) is 97.1 cm³/mol. The molecular formula is C20H40NTa-3. The third kappa shape index (κ3) is 18.6. The maximum atomic E-state index is 4.25. The number of hydrogen-bond donors (Lipinski definition) is 0. The molecule has 22 heavy (non-hydrogen) atoms. The maximum absolute atomic E-state index is 4.25. The summed E-state index contributed by atoms with van der Waals surface area (Å²) in [5.74, 6) is 1.00. The molecule has 0 aromatic heterocycles. The van der Waals surface area contributed by atoms with Crippen LogP contribution in [-0.4, -0.2) is 5.54 Å². The summed E-state index contributed by atoms with van der Waals surface area (Å²) in [6, 6.07) is 0. The summed E-state index contributed by atoms with van der Waals surface area (Å²) in [6.45, 7) is 13.8. The molecule has 0 amide bonds. The molecule has 0 aromatic rings. The Labute approximate surface area is 154 Å². The smallest absolute Gasteiger partial charge is 0.0582 e. The SMILES string of the molecule is CC1CC[CH-]CC1.CCC(C)(C)[N]=[Ta].[CH-]1CCCCC1.[CH2-]C. The summed E-state index contributed by atoms with van der Waals surface area (Å²) >= 11 is 1.16. The first-order valence-electron chi connectivity index (χ1n) is 9.22. The van der Waals surface area contributed by atoms with E-state index in [2.05, 4.69) is 50.8 Å². The third-order valence-corrected chi connectivity index (χ3v) is 6.12. The number of hydrogen-bond acceptors (Lipinski definition) is 1. The van der Waals surface area contributed by atoms with Gasteiger partial charge in [-0.1, -0.05) is 39.0 Å². The predicted octanol–water partition coefficient (Wildman–Crippen LogP) is 7.30. The molecule has 0 unspecified atom stereocenters. The minimum absolute atomic E-state index is 0.258. The molecule has 1 nitrogen and oxygen atoms in total. The van der Waals surface area contributed by atoms with Crippen molar-refractivity contribution in [2.24, 2.45) is 9.26 Å². The zero-order chi connectivity index (χ0) is 17.3. The molecule has 2 rings (SSSR count). The van der Waals surface area contributed by atoms with Crippen LogP contribution in [0.15, 0.2) is 3.34 Å². The topological polar surface area (TPSA) is 12.4 Å². The van der Waals surface area contributed by atoms with E-state index in [0.717, 1.165) is 33.2 Å². The van der Waals surface area contributed by atoms with Gasteiger partial charge in [-0.2, -0.15) is 32.6 Å². The molecule has 2 saturated carbocycles. The van der Waals surface area contributed by atoms with Gasteiger partial charge in [0.1, 0.15) is 0 Å². The van der Waals surface area contributed by atoms with Crippen molar-refractivity contribution in [2.75, 3.05) is 0 Å². The minimum atomic E-state index is 0.258. The summed E-state index contributed by atoms with van der Waals surface area (Å²) in [4.78, 5) is 0. The van der Waals surface area contributed by atoms with Crippen LogP contribution in [0.4, 0.5) is 0 Å². The fourth-order valence-corrected chi connectivity index (χ4v) is 2.57. The first-order valence-corrected chi connectivity index (χ1v) is 10.7. The van der Waals surface area contributed by atoms with Crippen molar-refractivity contribution in [3.63, 3.8) is 0 Å². The molecule has 0 spiro atoms. The van der Waals surface area contributed by atoms with E-state index in [9.17, 15) is 0 Å². The molecule has 0 bridgehead atoms. The van der Waals surface area contributed by atoms with E-state index in [1.54, 1.807) is 6.92 Å². The summed E-state index contributed by atoms with van der Waals surface area (Å²) < 4.78 is 4.25. The van der Waals surface area contributed by atoms with E-state index in [1.165, 1.54) is 57.8 Å². The Morgan fingerprint density at radius 2 is 1.45 bits per heavy atom. The van der Waals surface area contributed by atoms with Gasteiger partial charge in [0, 0.05) is 0 Å². The van der Waals surface area contributed by atoms with Crippen LogP contribution in [-0.2, 0) is 20.9 Å². The van der Waals surface area contributed by atoms with Crippen molar-refractivity contribution >= 4 is 0 Å². The average Bonchev–Trinajstić information content (AvgIpc) is 2.60. The van der Waals surface area contributed by atoms with Crippen LogP contribution in [0.3, 0.4) is 0 Å². The monoisotopic (exact) mass is 475 g/mol. The summed E-state index contributed by atoms with van der Waals surface area (Å²) in [5.41, 5.74) is 0.258. The van der Waals surface area contributed by atoms with E-state index in [-0.39, 0.29) is 5.54 Å². The van der Waals surface area contributed by atoms with Gasteiger partial charge in [0.15, 0.2) is 0 Å². The van der Waals surface area contributed by atoms with Crippen LogP contribution >= 0.6 is 0 Å². The first-order chi connectivity index (χ1) is 10.5. The number of nitrogens with zero attached hydrogens (tertiary/aromatic N) is 1. The molecule has 2 heteroatoms. The second-order valence-electron chi connectivity index (χ2n) is 6.74. The molecule has 0 saturated heterocycles. The van der Waals surface area contributed by atoms with Crippen LogP contribution in [0, 0.1) is 25.7 Å². The van der Waals surface area contributed by atoms with Gasteiger partial charge in [0.2, 0.25) is 0 Å². The third-order valence-electron chi connectivity index (χ3n) is 4.18. The summed E-state index contributed by atoms with van der Waals surface area (Å²) in [5, 5.41) is 0. The van der Waals surface area contributed by atoms with Gasteiger partial charge in [-0.15, -0.1) is 0 Å². The fourth-order valence-electron chi connectivity index (χ4n) is 2.06. The molecule has 133 valence electrons. The number of rotatable bonds is 2.